The van der Waals surface area contributed by atoms with Crippen molar-refractivity contribution >= 4 is 39.7 Å². The molecule has 6 heteroatoms. The number of ether oxygens (including phenoxy) is 1. The number of rotatable bonds is 4. The molecule has 1 amide bonds. The molecule has 0 heterocycles. The van der Waals surface area contributed by atoms with E-state index in [-0.39, 0.29) is 5.91 Å². The molecule has 0 aliphatic heterocycles. The maximum atomic E-state index is 12.1. The Kier molecular flexibility index (Phi) is 5.36. The van der Waals surface area contributed by atoms with E-state index in [2.05, 4.69) is 26.5 Å². The molecule has 0 aromatic heterocycles. The molecule has 0 atom stereocenters. The lowest BCUT2D eigenvalue weighted by atomic mass is 10.2. The van der Waals surface area contributed by atoms with Crippen molar-refractivity contribution in [1.29, 1.82) is 0 Å². The standard InChI is InChI=1S/C15H12BrClN2O2/c1-21-14-6-5-11(16)8-13(14)15(20)19-18-9-10-3-2-4-12(17)7-10/h2-9H,1H3,(H,19,20)/b18-9+. The Labute approximate surface area is 135 Å². The fraction of sp³-hybridized carbons (Fsp3) is 0.0667. The number of benzene rings is 2. The minimum atomic E-state index is -0.355. The van der Waals surface area contributed by atoms with Crippen LogP contribution in [0, 0.1) is 0 Å². The van der Waals surface area contributed by atoms with Crippen molar-refractivity contribution in [3.8, 4) is 5.75 Å². The Morgan fingerprint density at radius 1 is 1.33 bits per heavy atom. The van der Waals surface area contributed by atoms with Gasteiger partial charge in [-0.3, -0.25) is 4.79 Å². The minimum absolute atomic E-state index is 0.355. The number of hydrogen-bond acceptors (Lipinski definition) is 3. The van der Waals surface area contributed by atoms with Crippen LogP contribution in [0.1, 0.15) is 15.9 Å². The predicted molar refractivity (Wildman–Crippen MR) is 87.2 cm³/mol. The molecule has 0 aliphatic carbocycles. The fourth-order valence-corrected chi connectivity index (χ4v) is 2.23. The molecule has 0 aliphatic rings. The van der Waals surface area contributed by atoms with Crippen molar-refractivity contribution in [2.24, 2.45) is 5.10 Å². The summed E-state index contributed by atoms with van der Waals surface area (Å²) in [5, 5.41) is 4.52. The van der Waals surface area contributed by atoms with Gasteiger partial charge < -0.3 is 4.74 Å². The molecule has 0 saturated heterocycles. The lowest BCUT2D eigenvalue weighted by Crippen LogP contribution is -2.18. The van der Waals surface area contributed by atoms with Crippen LogP contribution in [0.5, 0.6) is 5.75 Å². The molecular weight excluding hydrogens is 356 g/mol. The van der Waals surface area contributed by atoms with Crippen molar-refractivity contribution < 1.29 is 9.53 Å². The van der Waals surface area contributed by atoms with Gasteiger partial charge in [-0.05, 0) is 35.9 Å². The van der Waals surface area contributed by atoms with Gasteiger partial charge in [-0.25, -0.2) is 5.43 Å². The first-order valence-electron chi connectivity index (χ1n) is 6.02. The summed E-state index contributed by atoms with van der Waals surface area (Å²) in [5.41, 5.74) is 3.65. The first-order valence-corrected chi connectivity index (χ1v) is 7.20. The SMILES string of the molecule is COc1ccc(Br)cc1C(=O)N/N=C/c1cccc(Cl)c1. The summed E-state index contributed by atoms with van der Waals surface area (Å²) >= 11 is 9.19. The summed E-state index contributed by atoms with van der Waals surface area (Å²) < 4.78 is 5.94. The first-order chi connectivity index (χ1) is 10.1. The summed E-state index contributed by atoms with van der Waals surface area (Å²) in [7, 11) is 1.51. The van der Waals surface area contributed by atoms with Gasteiger partial charge in [0.2, 0.25) is 0 Å². The number of amides is 1. The third kappa shape index (κ3) is 4.31. The summed E-state index contributed by atoms with van der Waals surface area (Å²) in [6, 6.07) is 12.3. The van der Waals surface area contributed by atoms with Gasteiger partial charge in [0.25, 0.3) is 5.91 Å². The number of carbonyl (C=O) groups excluding carboxylic acids is 1. The van der Waals surface area contributed by atoms with E-state index in [1.54, 1.807) is 30.3 Å². The molecular formula is C15H12BrClN2O2. The summed E-state index contributed by atoms with van der Waals surface area (Å²) in [5.74, 6) is 0.125. The van der Waals surface area contributed by atoms with Crippen LogP contribution in [0.15, 0.2) is 52.0 Å². The molecule has 0 spiro atoms. The molecule has 4 nitrogen and oxygen atoms in total. The molecule has 2 aromatic rings. The highest BCUT2D eigenvalue weighted by atomic mass is 79.9. The Morgan fingerprint density at radius 3 is 2.86 bits per heavy atom. The highest BCUT2D eigenvalue weighted by Crippen LogP contribution is 2.22. The molecule has 0 unspecified atom stereocenters. The molecule has 0 fully saturated rings. The van der Waals surface area contributed by atoms with Gasteiger partial charge in [-0.15, -0.1) is 0 Å². The Morgan fingerprint density at radius 2 is 2.14 bits per heavy atom. The number of nitrogens with zero attached hydrogens (tertiary/aromatic N) is 1. The molecule has 21 heavy (non-hydrogen) atoms. The molecule has 0 saturated carbocycles. The average Bonchev–Trinajstić information content (AvgIpc) is 2.47. The minimum Gasteiger partial charge on any atom is -0.496 e. The molecule has 0 radical (unpaired) electrons. The second kappa shape index (κ2) is 7.24. The maximum Gasteiger partial charge on any atom is 0.275 e. The van der Waals surface area contributed by atoms with Crippen LogP contribution in [-0.4, -0.2) is 19.2 Å². The number of nitrogens with one attached hydrogen (secondary N) is 1. The second-order valence-corrected chi connectivity index (χ2v) is 5.45. The van der Waals surface area contributed by atoms with E-state index in [1.165, 1.54) is 13.3 Å². The summed E-state index contributed by atoms with van der Waals surface area (Å²) in [6.07, 6.45) is 1.52. The third-order valence-corrected chi connectivity index (χ3v) is 3.36. The zero-order chi connectivity index (χ0) is 15.2. The number of methoxy groups -OCH3 is 1. The Hall–Kier alpha value is -1.85. The maximum absolute atomic E-state index is 12.1. The van der Waals surface area contributed by atoms with Crippen molar-refractivity contribution in [3.05, 3.63) is 63.1 Å². The van der Waals surface area contributed by atoms with Gasteiger partial charge in [-0.2, -0.15) is 5.10 Å². The van der Waals surface area contributed by atoms with E-state index in [1.807, 2.05) is 12.1 Å². The molecule has 108 valence electrons. The van der Waals surface area contributed by atoms with Crippen molar-refractivity contribution in [3.63, 3.8) is 0 Å². The van der Waals surface area contributed by atoms with E-state index in [9.17, 15) is 4.79 Å². The summed E-state index contributed by atoms with van der Waals surface area (Å²) in [4.78, 5) is 12.1. The monoisotopic (exact) mass is 366 g/mol. The number of hydrazone groups is 1. The number of hydrogen-bond donors (Lipinski definition) is 1. The van der Waals surface area contributed by atoms with Crippen LogP contribution < -0.4 is 10.2 Å². The molecule has 1 N–H and O–H groups in total. The molecule has 2 rings (SSSR count). The van der Waals surface area contributed by atoms with Crippen LogP contribution in [0.3, 0.4) is 0 Å². The van der Waals surface area contributed by atoms with Crippen LogP contribution in [0.4, 0.5) is 0 Å². The zero-order valence-corrected chi connectivity index (χ0v) is 13.5. The van der Waals surface area contributed by atoms with Crippen molar-refractivity contribution in [2.75, 3.05) is 7.11 Å². The Bertz CT molecular complexity index is 689. The van der Waals surface area contributed by atoms with E-state index in [4.69, 9.17) is 16.3 Å². The lowest BCUT2D eigenvalue weighted by molar-refractivity contribution is 0.0952. The van der Waals surface area contributed by atoms with Crippen LogP contribution in [0.2, 0.25) is 5.02 Å². The highest BCUT2D eigenvalue weighted by Gasteiger charge is 2.11. The predicted octanol–water partition coefficient (Wildman–Crippen LogP) is 3.88. The normalized spacial score (nSPS) is 10.6. The van der Waals surface area contributed by atoms with E-state index >= 15 is 0 Å². The number of halogens is 2. The van der Waals surface area contributed by atoms with E-state index in [0.717, 1.165) is 10.0 Å². The first kappa shape index (κ1) is 15.5. The van der Waals surface area contributed by atoms with E-state index < -0.39 is 0 Å². The molecule has 0 bridgehead atoms. The van der Waals surface area contributed by atoms with Gasteiger partial charge in [0.05, 0.1) is 18.9 Å². The quantitative estimate of drug-likeness (QED) is 0.659. The van der Waals surface area contributed by atoms with Gasteiger partial charge in [-0.1, -0.05) is 39.7 Å². The van der Waals surface area contributed by atoms with Gasteiger partial charge in [0.15, 0.2) is 0 Å². The van der Waals surface area contributed by atoms with Crippen LogP contribution in [0.25, 0.3) is 0 Å². The highest BCUT2D eigenvalue weighted by molar-refractivity contribution is 9.10. The second-order valence-electron chi connectivity index (χ2n) is 4.10. The molecule has 2 aromatic carbocycles. The van der Waals surface area contributed by atoms with Crippen LogP contribution >= 0.6 is 27.5 Å². The van der Waals surface area contributed by atoms with Crippen molar-refractivity contribution in [1.82, 2.24) is 5.43 Å². The van der Waals surface area contributed by atoms with E-state index in [0.29, 0.717) is 16.3 Å². The van der Waals surface area contributed by atoms with Crippen molar-refractivity contribution in [2.45, 2.75) is 0 Å². The number of carbonyl (C=O) groups is 1. The van der Waals surface area contributed by atoms with Gasteiger partial charge in [0.1, 0.15) is 5.75 Å². The van der Waals surface area contributed by atoms with Crippen LogP contribution in [-0.2, 0) is 0 Å². The fourth-order valence-electron chi connectivity index (χ4n) is 1.67. The third-order valence-electron chi connectivity index (χ3n) is 2.63. The summed E-state index contributed by atoms with van der Waals surface area (Å²) in [6.45, 7) is 0. The smallest absolute Gasteiger partial charge is 0.275 e. The van der Waals surface area contributed by atoms with Gasteiger partial charge >= 0.3 is 0 Å². The average molecular weight is 368 g/mol. The van der Waals surface area contributed by atoms with Gasteiger partial charge in [0, 0.05) is 9.50 Å². The largest absolute Gasteiger partial charge is 0.496 e. The topological polar surface area (TPSA) is 50.7 Å². The zero-order valence-electron chi connectivity index (χ0n) is 11.1. The lowest BCUT2D eigenvalue weighted by Gasteiger charge is -2.07. The Balaban J connectivity index is 2.10.